The summed E-state index contributed by atoms with van der Waals surface area (Å²) >= 11 is 0. The van der Waals surface area contributed by atoms with Crippen LogP contribution in [0.2, 0.25) is 0 Å². The Morgan fingerprint density at radius 1 is 1.30 bits per heavy atom. The minimum Gasteiger partial charge on any atom is -0.481 e. The summed E-state index contributed by atoms with van der Waals surface area (Å²) in [4.78, 5) is 21.9. The maximum Gasteiger partial charge on any atom is 0.303 e. The molecule has 0 fully saturated rings. The molecule has 0 amide bonds. The van der Waals surface area contributed by atoms with Gasteiger partial charge in [0.05, 0.1) is 0 Å². The highest BCUT2D eigenvalue weighted by Gasteiger charge is 2.15. The van der Waals surface area contributed by atoms with Crippen LogP contribution in [0.25, 0.3) is 0 Å². The van der Waals surface area contributed by atoms with E-state index in [4.69, 9.17) is 5.11 Å². The summed E-state index contributed by atoms with van der Waals surface area (Å²) in [5.74, 6) is 1.25. The lowest BCUT2D eigenvalue weighted by Gasteiger charge is -2.28. The minimum absolute atomic E-state index is 0.185. The van der Waals surface area contributed by atoms with Gasteiger partial charge in [0.2, 0.25) is 0 Å². The Hall–Kier alpha value is -1.65. The summed E-state index contributed by atoms with van der Waals surface area (Å²) < 4.78 is 0. The number of carboxylic acid groups (broad SMARTS) is 1. The van der Waals surface area contributed by atoms with Gasteiger partial charge in [0.15, 0.2) is 0 Å². The van der Waals surface area contributed by atoms with Gasteiger partial charge in [-0.2, -0.15) is 0 Å². The molecule has 0 bridgehead atoms. The molecule has 1 rings (SSSR count). The van der Waals surface area contributed by atoms with Crippen LogP contribution in [0.5, 0.6) is 0 Å². The Morgan fingerprint density at radius 2 is 1.95 bits per heavy atom. The van der Waals surface area contributed by atoms with Crippen LogP contribution in [0.3, 0.4) is 0 Å². The predicted octanol–water partition coefficient (Wildman–Crippen LogP) is 2.99. The van der Waals surface area contributed by atoms with Gasteiger partial charge in [0, 0.05) is 36.7 Å². The second-order valence-corrected chi connectivity index (χ2v) is 5.66. The molecule has 0 radical (unpaired) electrons. The van der Waals surface area contributed by atoms with E-state index in [1.54, 1.807) is 0 Å². The lowest BCUT2D eigenvalue weighted by Crippen LogP contribution is -2.33. The van der Waals surface area contributed by atoms with E-state index in [1.807, 2.05) is 13.0 Å². The largest absolute Gasteiger partial charge is 0.481 e. The van der Waals surface area contributed by atoms with Gasteiger partial charge in [-0.15, -0.1) is 0 Å². The van der Waals surface area contributed by atoms with Crippen LogP contribution in [-0.2, 0) is 4.79 Å². The van der Waals surface area contributed by atoms with Crippen LogP contribution < -0.4 is 4.90 Å². The van der Waals surface area contributed by atoms with Gasteiger partial charge >= 0.3 is 5.97 Å². The molecule has 1 aromatic rings. The Kier molecular flexibility index (Phi) is 5.92. The fourth-order valence-corrected chi connectivity index (χ4v) is 2.02. The minimum atomic E-state index is -0.754. The van der Waals surface area contributed by atoms with Gasteiger partial charge in [-0.25, -0.2) is 9.97 Å². The number of hydrogen-bond donors (Lipinski definition) is 1. The highest BCUT2D eigenvalue weighted by Crippen LogP contribution is 2.19. The average molecular weight is 279 g/mol. The van der Waals surface area contributed by atoms with Crippen molar-refractivity contribution in [2.24, 2.45) is 0 Å². The van der Waals surface area contributed by atoms with Crippen LogP contribution in [0.4, 0.5) is 5.82 Å². The molecule has 0 unspecified atom stereocenters. The van der Waals surface area contributed by atoms with Gasteiger partial charge < -0.3 is 10.0 Å². The molecule has 1 N–H and O–H groups in total. The zero-order valence-electron chi connectivity index (χ0n) is 13.1. The molecule has 5 nitrogen and oxygen atoms in total. The van der Waals surface area contributed by atoms with Crippen LogP contribution in [0, 0.1) is 6.92 Å². The van der Waals surface area contributed by atoms with Crippen molar-refractivity contribution in [1.29, 1.82) is 0 Å². The maximum absolute atomic E-state index is 10.6. The lowest BCUT2D eigenvalue weighted by molar-refractivity contribution is -0.137. The first-order chi connectivity index (χ1) is 9.31. The molecule has 1 aromatic heterocycles. The normalized spacial score (nSPS) is 11.2. The number of anilines is 1. The van der Waals surface area contributed by atoms with Crippen molar-refractivity contribution in [2.45, 2.75) is 59.4 Å². The first kappa shape index (κ1) is 16.4. The molecule has 0 saturated carbocycles. The third kappa shape index (κ3) is 4.79. The lowest BCUT2D eigenvalue weighted by atomic mass is 10.2. The summed E-state index contributed by atoms with van der Waals surface area (Å²) in [5, 5.41) is 8.75. The number of aromatic nitrogens is 2. The smallest absolute Gasteiger partial charge is 0.303 e. The zero-order valence-corrected chi connectivity index (χ0v) is 13.1. The molecule has 0 atom stereocenters. The quantitative estimate of drug-likeness (QED) is 0.831. The number of hydrogen-bond acceptors (Lipinski definition) is 4. The van der Waals surface area contributed by atoms with Crippen molar-refractivity contribution in [3.05, 3.63) is 17.6 Å². The first-order valence-electron chi connectivity index (χ1n) is 7.15. The van der Waals surface area contributed by atoms with Gasteiger partial charge in [-0.05, 0) is 27.2 Å². The van der Waals surface area contributed by atoms with E-state index in [1.165, 1.54) is 0 Å². The van der Waals surface area contributed by atoms with E-state index >= 15 is 0 Å². The summed E-state index contributed by atoms with van der Waals surface area (Å²) in [5.41, 5.74) is 0.947. The van der Waals surface area contributed by atoms with Gasteiger partial charge in [0.25, 0.3) is 0 Å². The van der Waals surface area contributed by atoms with E-state index in [9.17, 15) is 4.79 Å². The second kappa shape index (κ2) is 7.22. The molecular weight excluding hydrogens is 254 g/mol. The Bertz CT molecular complexity index is 458. The van der Waals surface area contributed by atoms with Crippen molar-refractivity contribution in [3.8, 4) is 0 Å². The molecule has 0 aliphatic heterocycles. The highest BCUT2D eigenvalue weighted by molar-refractivity contribution is 5.66. The molecule has 1 heterocycles. The summed E-state index contributed by atoms with van der Waals surface area (Å²) in [6, 6.07) is 2.24. The molecule has 112 valence electrons. The van der Waals surface area contributed by atoms with Crippen LogP contribution in [0.1, 0.15) is 58.0 Å². The van der Waals surface area contributed by atoms with Crippen molar-refractivity contribution >= 4 is 11.8 Å². The summed E-state index contributed by atoms with van der Waals surface area (Å²) in [7, 11) is 0. The second-order valence-electron chi connectivity index (χ2n) is 5.66. The molecule has 0 aromatic carbocycles. The molecular formula is C15H25N3O2. The maximum atomic E-state index is 10.6. The van der Waals surface area contributed by atoms with Crippen molar-refractivity contribution in [3.63, 3.8) is 0 Å². The fraction of sp³-hybridized carbons (Fsp3) is 0.667. The summed E-state index contributed by atoms with van der Waals surface area (Å²) in [6.07, 6.45) is 0.803. The zero-order chi connectivity index (χ0) is 15.3. The van der Waals surface area contributed by atoms with E-state index in [0.717, 1.165) is 17.3 Å². The molecule has 0 aliphatic carbocycles. The van der Waals surface area contributed by atoms with E-state index < -0.39 is 5.97 Å². The Balaban J connectivity index is 2.93. The third-order valence-corrected chi connectivity index (χ3v) is 3.08. The number of rotatable bonds is 7. The van der Waals surface area contributed by atoms with E-state index in [0.29, 0.717) is 13.0 Å². The Morgan fingerprint density at radius 3 is 2.45 bits per heavy atom. The summed E-state index contributed by atoms with van der Waals surface area (Å²) in [6.45, 7) is 11.0. The Labute approximate surface area is 121 Å². The molecule has 0 spiro atoms. The van der Waals surface area contributed by atoms with Crippen molar-refractivity contribution in [1.82, 2.24) is 9.97 Å². The van der Waals surface area contributed by atoms with Crippen LogP contribution in [0.15, 0.2) is 6.07 Å². The van der Waals surface area contributed by atoms with E-state index in [-0.39, 0.29) is 18.4 Å². The van der Waals surface area contributed by atoms with Gasteiger partial charge in [-0.1, -0.05) is 13.8 Å². The number of aryl methyl sites for hydroxylation is 1. The predicted molar refractivity (Wildman–Crippen MR) is 80.2 cm³/mol. The monoisotopic (exact) mass is 279 g/mol. The number of carbonyl (C=O) groups is 1. The van der Waals surface area contributed by atoms with Gasteiger partial charge in [0.1, 0.15) is 11.6 Å². The molecule has 5 heteroatoms. The first-order valence-corrected chi connectivity index (χ1v) is 7.15. The SMILES string of the molecule is Cc1cc(N(CCCC(=O)O)C(C)C)nc(C(C)C)n1. The van der Waals surface area contributed by atoms with Crippen molar-refractivity contribution in [2.75, 3.05) is 11.4 Å². The van der Waals surface area contributed by atoms with Crippen molar-refractivity contribution < 1.29 is 9.90 Å². The standard InChI is InChI=1S/C15H25N3O2/c1-10(2)15-16-12(5)9-13(17-15)18(11(3)4)8-6-7-14(19)20/h9-11H,6-8H2,1-5H3,(H,19,20). The number of carboxylic acids is 1. The topological polar surface area (TPSA) is 66.3 Å². The highest BCUT2D eigenvalue weighted by atomic mass is 16.4. The molecule has 20 heavy (non-hydrogen) atoms. The van der Waals surface area contributed by atoms with Crippen LogP contribution >= 0.6 is 0 Å². The number of aliphatic carboxylic acids is 1. The fourth-order valence-electron chi connectivity index (χ4n) is 2.02. The number of nitrogens with zero attached hydrogens (tertiary/aromatic N) is 3. The van der Waals surface area contributed by atoms with Gasteiger partial charge in [-0.3, -0.25) is 4.79 Å². The van der Waals surface area contributed by atoms with Crippen LogP contribution in [-0.4, -0.2) is 33.6 Å². The molecule has 0 saturated heterocycles. The molecule has 0 aliphatic rings. The van der Waals surface area contributed by atoms with E-state index in [2.05, 4.69) is 42.6 Å². The third-order valence-electron chi connectivity index (χ3n) is 3.08. The average Bonchev–Trinajstić information content (AvgIpc) is 2.32.